The lowest BCUT2D eigenvalue weighted by Gasteiger charge is -2.13. The van der Waals surface area contributed by atoms with Crippen molar-refractivity contribution in [1.82, 2.24) is 0 Å². The Hall–Kier alpha value is -2.69. The molecule has 0 aliphatic carbocycles. The van der Waals surface area contributed by atoms with Gasteiger partial charge < -0.3 is 20.5 Å². The van der Waals surface area contributed by atoms with E-state index in [0.29, 0.717) is 23.5 Å². The smallest absolute Gasteiger partial charge is 0.340 e. The molecular formula is C16H18N2O3. The van der Waals surface area contributed by atoms with Crippen LogP contribution in [0.1, 0.15) is 15.9 Å². The van der Waals surface area contributed by atoms with Crippen molar-refractivity contribution in [1.29, 1.82) is 0 Å². The molecule has 0 aliphatic heterocycles. The lowest BCUT2D eigenvalue weighted by Crippen LogP contribution is -2.10. The third-order valence-corrected chi connectivity index (χ3v) is 3.13. The lowest BCUT2D eigenvalue weighted by molar-refractivity contribution is 0.0602. The number of hydrogen-bond acceptors (Lipinski definition) is 5. The molecule has 3 N–H and O–H groups in total. The fraction of sp³-hybridized carbons (Fsp3) is 0.188. The second kappa shape index (κ2) is 6.65. The lowest BCUT2D eigenvalue weighted by atomic mass is 10.1. The number of carbonyl (C=O) groups excluding carboxylic acids is 1. The van der Waals surface area contributed by atoms with E-state index in [1.807, 2.05) is 24.3 Å². The number of nitrogens with one attached hydrogen (secondary N) is 1. The number of esters is 1. The van der Waals surface area contributed by atoms with E-state index in [1.165, 1.54) is 7.11 Å². The average molecular weight is 286 g/mol. The maximum absolute atomic E-state index is 11.7. The summed E-state index contributed by atoms with van der Waals surface area (Å²) in [5, 5.41) is 3.18. The van der Waals surface area contributed by atoms with Crippen LogP contribution >= 0.6 is 0 Å². The van der Waals surface area contributed by atoms with Crippen LogP contribution in [0, 0.1) is 0 Å². The second-order valence-corrected chi connectivity index (χ2v) is 4.46. The molecular weight excluding hydrogens is 268 g/mol. The molecule has 0 aromatic heterocycles. The van der Waals surface area contributed by atoms with Crippen LogP contribution in [-0.2, 0) is 11.3 Å². The second-order valence-electron chi connectivity index (χ2n) is 4.46. The highest BCUT2D eigenvalue weighted by Gasteiger charge is 2.13. The molecule has 0 aliphatic rings. The van der Waals surface area contributed by atoms with Crippen molar-refractivity contribution in [3.05, 3.63) is 53.6 Å². The summed E-state index contributed by atoms with van der Waals surface area (Å²) < 4.78 is 9.88. The van der Waals surface area contributed by atoms with Crippen molar-refractivity contribution >= 4 is 17.3 Å². The molecule has 0 saturated carbocycles. The van der Waals surface area contributed by atoms with Crippen molar-refractivity contribution in [3.63, 3.8) is 0 Å². The molecule has 5 heteroatoms. The Balaban J connectivity index is 2.17. The van der Waals surface area contributed by atoms with E-state index in [-0.39, 0.29) is 0 Å². The number of hydrogen-bond donors (Lipinski definition) is 2. The van der Waals surface area contributed by atoms with Crippen LogP contribution < -0.4 is 15.8 Å². The van der Waals surface area contributed by atoms with Gasteiger partial charge in [-0.2, -0.15) is 0 Å². The Morgan fingerprint density at radius 1 is 1.14 bits per heavy atom. The molecule has 0 spiro atoms. The highest BCUT2D eigenvalue weighted by Crippen LogP contribution is 2.25. The van der Waals surface area contributed by atoms with E-state index in [9.17, 15) is 4.79 Å². The zero-order valence-corrected chi connectivity index (χ0v) is 12.1. The molecule has 0 atom stereocenters. The number of ether oxygens (including phenoxy) is 2. The molecule has 21 heavy (non-hydrogen) atoms. The van der Waals surface area contributed by atoms with Gasteiger partial charge in [0, 0.05) is 6.54 Å². The summed E-state index contributed by atoms with van der Waals surface area (Å²) in [7, 11) is 2.97. The molecule has 2 aromatic carbocycles. The molecule has 0 fully saturated rings. The van der Waals surface area contributed by atoms with Gasteiger partial charge in [-0.05, 0) is 29.8 Å². The predicted molar refractivity (Wildman–Crippen MR) is 82.5 cm³/mol. The summed E-state index contributed by atoms with van der Waals surface area (Å²) in [6.45, 7) is 0.544. The van der Waals surface area contributed by atoms with Crippen LogP contribution in [-0.4, -0.2) is 20.2 Å². The minimum Gasteiger partial charge on any atom is -0.497 e. The molecule has 0 radical (unpaired) electrons. The van der Waals surface area contributed by atoms with Gasteiger partial charge in [-0.3, -0.25) is 0 Å². The average Bonchev–Trinajstić information content (AvgIpc) is 2.53. The van der Waals surface area contributed by atoms with Gasteiger partial charge in [-0.15, -0.1) is 0 Å². The molecule has 2 aromatic rings. The van der Waals surface area contributed by atoms with Crippen LogP contribution in [0.4, 0.5) is 11.4 Å². The number of nitrogen functional groups attached to an aromatic ring is 1. The zero-order valence-electron chi connectivity index (χ0n) is 12.1. The van der Waals surface area contributed by atoms with E-state index in [2.05, 4.69) is 5.32 Å². The minimum absolute atomic E-state index is 0.417. The van der Waals surface area contributed by atoms with Gasteiger partial charge in [0.25, 0.3) is 0 Å². The van der Waals surface area contributed by atoms with Gasteiger partial charge in [-0.1, -0.05) is 18.2 Å². The standard InChI is InChI=1S/C16H18N2O3/c1-20-12-8-6-11(7-9-12)10-18-15-13(16(19)21-2)4-3-5-14(15)17/h3-9,18H,10,17H2,1-2H3. The third-order valence-electron chi connectivity index (χ3n) is 3.13. The molecule has 2 rings (SSSR count). The Labute approximate surface area is 123 Å². The number of benzene rings is 2. The monoisotopic (exact) mass is 286 g/mol. The summed E-state index contributed by atoms with van der Waals surface area (Å²) in [4.78, 5) is 11.7. The first-order chi connectivity index (χ1) is 10.2. The Kier molecular flexibility index (Phi) is 4.66. The summed E-state index contributed by atoms with van der Waals surface area (Å²) >= 11 is 0. The van der Waals surface area contributed by atoms with Gasteiger partial charge in [0.05, 0.1) is 31.2 Å². The molecule has 0 saturated heterocycles. The summed E-state index contributed by atoms with van der Waals surface area (Å²) in [6, 6.07) is 12.8. The highest BCUT2D eigenvalue weighted by molar-refractivity contribution is 5.98. The Bertz CT molecular complexity index is 624. The van der Waals surface area contributed by atoms with Gasteiger partial charge in [0.2, 0.25) is 0 Å². The maximum Gasteiger partial charge on any atom is 0.340 e. The van der Waals surface area contributed by atoms with Gasteiger partial charge in [-0.25, -0.2) is 4.79 Å². The van der Waals surface area contributed by atoms with Gasteiger partial charge in [0.1, 0.15) is 5.75 Å². The minimum atomic E-state index is -0.417. The number of nitrogens with two attached hydrogens (primary N) is 1. The quantitative estimate of drug-likeness (QED) is 0.653. The van der Waals surface area contributed by atoms with Crippen molar-refractivity contribution < 1.29 is 14.3 Å². The number of methoxy groups -OCH3 is 2. The van der Waals surface area contributed by atoms with Crippen LogP contribution in [0.25, 0.3) is 0 Å². The maximum atomic E-state index is 11.7. The first kappa shape index (κ1) is 14.7. The Morgan fingerprint density at radius 3 is 2.48 bits per heavy atom. The van der Waals surface area contributed by atoms with Gasteiger partial charge in [0.15, 0.2) is 0 Å². The fourth-order valence-corrected chi connectivity index (χ4v) is 1.98. The third kappa shape index (κ3) is 3.45. The van der Waals surface area contributed by atoms with Crippen LogP contribution in [0.15, 0.2) is 42.5 Å². The summed E-state index contributed by atoms with van der Waals surface area (Å²) in [6.07, 6.45) is 0. The van der Waals surface area contributed by atoms with E-state index in [4.69, 9.17) is 15.2 Å². The first-order valence-electron chi connectivity index (χ1n) is 6.49. The van der Waals surface area contributed by atoms with Crippen LogP contribution in [0.3, 0.4) is 0 Å². The first-order valence-corrected chi connectivity index (χ1v) is 6.49. The number of carbonyl (C=O) groups is 1. The fourth-order valence-electron chi connectivity index (χ4n) is 1.98. The van der Waals surface area contributed by atoms with E-state index in [0.717, 1.165) is 11.3 Å². The van der Waals surface area contributed by atoms with Crippen molar-refractivity contribution in [3.8, 4) is 5.75 Å². The van der Waals surface area contributed by atoms with Crippen molar-refractivity contribution in [2.75, 3.05) is 25.3 Å². The summed E-state index contributed by atoms with van der Waals surface area (Å²) in [5.74, 6) is 0.382. The van der Waals surface area contributed by atoms with E-state index < -0.39 is 5.97 Å². The normalized spacial score (nSPS) is 10.0. The molecule has 0 heterocycles. The van der Waals surface area contributed by atoms with E-state index >= 15 is 0 Å². The van der Waals surface area contributed by atoms with Crippen LogP contribution in [0.2, 0.25) is 0 Å². The predicted octanol–water partition coefficient (Wildman–Crippen LogP) is 2.68. The Morgan fingerprint density at radius 2 is 1.86 bits per heavy atom. The molecule has 110 valence electrons. The molecule has 0 unspecified atom stereocenters. The molecule has 0 bridgehead atoms. The molecule has 0 amide bonds. The molecule has 5 nitrogen and oxygen atoms in total. The topological polar surface area (TPSA) is 73.6 Å². The number of anilines is 2. The highest BCUT2D eigenvalue weighted by atomic mass is 16.5. The summed E-state index contributed by atoms with van der Waals surface area (Å²) in [5.41, 5.74) is 8.50. The van der Waals surface area contributed by atoms with Crippen molar-refractivity contribution in [2.24, 2.45) is 0 Å². The largest absolute Gasteiger partial charge is 0.497 e. The van der Waals surface area contributed by atoms with Crippen LogP contribution in [0.5, 0.6) is 5.75 Å². The number of para-hydroxylation sites is 1. The SMILES string of the molecule is COC(=O)c1cccc(N)c1NCc1ccc(OC)cc1. The van der Waals surface area contributed by atoms with E-state index in [1.54, 1.807) is 25.3 Å². The number of rotatable bonds is 5. The zero-order chi connectivity index (χ0) is 15.2. The van der Waals surface area contributed by atoms with Crippen molar-refractivity contribution in [2.45, 2.75) is 6.54 Å². The van der Waals surface area contributed by atoms with Gasteiger partial charge >= 0.3 is 5.97 Å².